The molecule has 1 aromatic heterocycles. The van der Waals surface area contributed by atoms with Crippen LogP contribution in [0.25, 0.3) is 0 Å². The molecule has 2 rings (SSSR count). The summed E-state index contributed by atoms with van der Waals surface area (Å²) >= 11 is 1.78. The molecule has 0 bridgehead atoms. The fraction of sp³-hybridized carbons (Fsp3) is 0.615. The van der Waals surface area contributed by atoms with Crippen molar-refractivity contribution in [3.05, 3.63) is 21.9 Å². The number of rotatable bonds is 6. The lowest BCUT2D eigenvalue weighted by atomic mass is 10.2. The Labute approximate surface area is 107 Å². The van der Waals surface area contributed by atoms with Crippen molar-refractivity contribution < 1.29 is 4.79 Å². The van der Waals surface area contributed by atoms with Crippen molar-refractivity contribution in [3.8, 4) is 0 Å². The van der Waals surface area contributed by atoms with Crippen molar-refractivity contribution in [3.63, 3.8) is 0 Å². The zero-order valence-corrected chi connectivity index (χ0v) is 11.3. The molecule has 1 amide bonds. The van der Waals surface area contributed by atoms with E-state index in [0.717, 1.165) is 12.5 Å². The minimum Gasteiger partial charge on any atom is -0.355 e. The maximum absolute atomic E-state index is 11.5. The molecule has 1 aliphatic rings. The molecule has 3 nitrogen and oxygen atoms in total. The summed E-state index contributed by atoms with van der Waals surface area (Å²) in [5.74, 6) is 0.855. The SMILES string of the molecule is Cc1ccc(C(C)NCC(=O)NCC2CC2)s1. The normalized spacial score (nSPS) is 16.8. The van der Waals surface area contributed by atoms with Gasteiger partial charge in [0.05, 0.1) is 6.54 Å². The third kappa shape index (κ3) is 4.13. The molecule has 4 heteroatoms. The molecule has 94 valence electrons. The highest BCUT2D eigenvalue weighted by Crippen LogP contribution is 2.27. The first-order chi connectivity index (χ1) is 8.15. The minimum atomic E-state index is 0.108. The van der Waals surface area contributed by atoms with Gasteiger partial charge in [-0.15, -0.1) is 11.3 Å². The van der Waals surface area contributed by atoms with Crippen molar-refractivity contribution in [1.29, 1.82) is 0 Å². The number of carbonyl (C=O) groups excluding carboxylic acids is 1. The summed E-state index contributed by atoms with van der Waals surface area (Å²) < 4.78 is 0. The van der Waals surface area contributed by atoms with Gasteiger partial charge in [0.2, 0.25) is 5.91 Å². The van der Waals surface area contributed by atoms with E-state index in [1.165, 1.54) is 22.6 Å². The van der Waals surface area contributed by atoms with E-state index in [1.807, 2.05) is 0 Å². The van der Waals surface area contributed by atoms with Crippen molar-refractivity contribution in [2.24, 2.45) is 5.92 Å². The Morgan fingerprint density at radius 3 is 2.88 bits per heavy atom. The number of hydrogen-bond donors (Lipinski definition) is 2. The van der Waals surface area contributed by atoms with Crippen molar-refractivity contribution in [2.75, 3.05) is 13.1 Å². The second-order valence-corrected chi connectivity index (χ2v) is 6.12. The van der Waals surface area contributed by atoms with Crippen LogP contribution >= 0.6 is 11.3 Å². The van der Waals surface area contributed by atoms with Gasteiger partial charge in [-0.1, -0.05) is 0 Å². The maximum Gasteiger partial charge on any atom is 0.233 e. The molecular weight excluding hydrogens is 232 g/mol. The van der Waals surface area contributed by atoms with Crippen molar-refractivity contribution >= 4 is 17.2 Å². The van der Waals surface area contributed by atoms with E-state index in [9.17, 15) is 4.79 Å². The van der Waals surface area contributed by atoms with Gasteiger partial charge in [-0.3, -0.25) is 4.79 Å². The fourth-order valence-electron chi connectivity index (χ4n) is 1.68. The second-order valence-electron chi connectivity index (χ2n) is 4.80. The highest BCUT2D eigenvalue weighted by atomic mass is 32.1. The number of aryl methyl sites for hydroxylation is 1. The molecule has 0 saturated heterocycles. The van der Waals surface area contributed by atoms with Crippen LogP contribution in [0.2, 0.25) is 0 Å². The van der Waals surface area contributed by atoms with E-state index < -0.39 is 0 Å². The average molecular weight is 252 g/mol. The lowest BCUT2D eigenvalue weighted by molar-refractivity contribution is -0.120. The van der Waals surface area contributed by atoms with Crippen LogP contribution in [-0.4, -0.2) is 19.0 Å². The van der Waals surface area contributed by atoms with Gasteiger partial charge in [0.25, 0.3) is 0 Å². The highest BCUT2D eigenvalue weighted by Gasteiger charge is 2.21. The molecule has 1 saturated carbocycles. The molecular formula is C13H20N2OS. The minimum absolute atomic E-state index is 0.108. The van der Waals surface area contributed by atoms with Crippen LogP contribution in [0.3, 0.4) is 0 Å². The first-order valence-electron chi connectivity index (χ1n) is 6.21. The third-order valence-corrected chi connectivity index (χ3v) is 4.22. The van der Waals surface area contributed by atoms with Gasteiger partial charge in [-0.2, -0.15) is 0 Å². The van der Waals surface area contributed by atoms with E-state index in [1.54, 1.807) is 11.3 Å². The largest absolute Gasteiger partial charge is 0.355 e. The lowest BCUT2D eigenvalue weighted by Gasteiger charge is -2.11. The number of nitrogens with one attached hydrogen (secondary N) is 2. The second kappa shape index (κ2) is 5.65. The van der Waals surface area contributed by atoms with E-state index in [-0.39, 0.29) is 11.9 Å². The zero-order valence-electron chi connectivity index (χ0n) is 10.5. The molecule has 1 aromatic rings. The topological polar surface area (TPSA) is 41.1 Å². The molecule has 0 aliphatic heterocycles. The summed E-state index contributed by atoms with van der Waals surface area (Å²) in [6.45, 7) is 5.46. The van der Waals surface area contributed by atoms with Crippen LogP contribution in [0.5, 0.6) is 0 Å². The van der Waals surface area contributed by atoms with Gasteiger partial charge in [-0.25, -0.2) is 0 Å². The average Bonchev–Trinajstić information content (AvgIpc) is 3.04. The number of thiophene rings is 1. The number of amides is 1. The Balaban J connectivity index is 1.67. The Bertz CT molecular complexity index is 385. The van der Waals surface area contributed by atoms with Gasteiger partial charge in [0.1, 0.15) is 0 Å². The van der Waals surface area contributed by atoms with Crippen LogP contribution in [-0.2, 0) is 4.79 Å². The molecule has 0 radical (unpaired) electrons. The number of hydrogen-bond acceptors (Lipinski definition) is 3. The van der Waals surface area contributed by atoms with Gasteiger partial charge < -0.3 is 10.6 Å². The van der Waals surface area contributed by atoms with Crippen LogP contribution in [0.1, 0.15) is 35.6 Å². The molecule has 1 fully saturated rings. The lowest BCUT2D eigenvalue weighted by Crippen LogP contribution is -2.35. The van der Waals surface area contributed by atoms with Crippen LogP contribution < -0.4 is 10.6 Å². The Kier molecular flexibility index (Phi) is 4.18. The molecule has 0 spiro atoms. The van der Waals surface area contributed by atoms with Gasteiger partial charge >= 0.3 is 0 Å². The highest BCUT2D eigenvalue weighted by molar-refractivity contribution is 7.12. The molecule has 1 unspecified atom stereocenters. The summed E-state index contributed by atoms with van der Waals surface area (Å²) in [6, 6.07) is 4.49. The first-order valence-corrected chi connectivity index (χ1v) is 7.03. The molecule has 0 aromatic carbocycles. The Morgan fingerprint density at radius 2 is 2.29 bits per heavy atom. The predicted molar refractivity (Wildman–Crippen MR) is 71.2 cm³/mol. The van der Waals surface area contributed by atoms with Crippen LogP contribution in [0, 0.1) is 12.8 Å². The van der Waals surface area contributed by atoms with Gasteiger partial charge in [0.15, 0.2) is 0 Å². The van der Waals surface area contributed by atoms with E-state index in [2.05, 4.69) is 36.6 Å². The van der Waals surface area contributed by atoms with E-state index in [4.69, 9.17) is 0 Å². The third-order valence-electron chi connectivity index (χ3n) is 3.04. The van der Waals surface area contributed by atoms with E-state index >= 15 is 0 Å². The molecule has 17 heavy (non-hydrogen) atoms. The van der Waals surface area contributed by atoms with E-state index in [0.29, 0.717) is 6.54 Å². The fourth-order valence-corrected chi connectivity index (χ4v) is 2.58. The molecule has 1 aliphatic carbocycles. The molecule has 2 N–H and O–H groups in total. The molecule has 1 heterocycles. The van der Waals surface area contributed by atoms with Gasteiger partial charge in [-0.05, 0) is 44.7 Å². The first kappa shape index (κ1) is 12.6. The Morgan fingerprint density at radius 1 is 1.53 bits per heavy atom. The van der Waals surface area contributed by atoms with Crippen LogP contribution in [0.4, 0.5) is 0 Å². The monoisotopic (exact) mass is 252 g/mol. The zero-order chi connectivity index (χ0) is 12.3. The summed E-state index contributed by atoms with van der Waals surface area (Å²) in [7, 11) is 0. The molecule has 1 atom stereocenters. The van der Waals surface area contributed by atoms with Gasteiger partial charge in [0, 0.05) is 22.3 Å². The summed E-state index contributed by atoms with van der Waals surface area (Å²) in [5.41, 5.74) is 0. The standard InChI is InChI=1S/C13H20N2OS/c1-9-3-6-12(17-9)10(2)14-8-13(16)15-7-11-4-5-11/h3,6,10-11,14H,4-5,7-8H2,1-2H3,(H,15,16). The summed E-state index contributed by atoms with van der Waals surface area (Å²) in [4.78, 5) is 14.1. The Hall–Kier alpha value is -0.870. The number of carbonyl (C=O) groups is 1. The van der Waals surface area contributed by atoms with Crippen molar-refractivity contribution in [2.45, 2.75) is 32.7 Å². The predicted octanol–water partition coefficient (Wildman–Crippen LogP) is 2.23. The van der Waals surface area contributed by atoms with Crippen LogP contribution in [0.15, 0.2) is 12.1 Å². The van der Waals surface area contributed by atoms with Crippen molar-refractivity contribution in [1.82, 2.24) is 10.6 Å². The summed E-state index contributed by atoms with van der Waals surface area (Å²) in [5, 5.41) is 6.21. The smallest absolute Gasteiger partial charge is 0.233 e. The quantitative estimate of drug-likeness (QED) is 0.815. The summed E-state index contributed by atoms with van der Waals surface area (Å²) in [6.07, 6.45) is 2.55. The maximum atomic E-state index is 11.5.